The predicted octanol–water partition coefficient (Wildman–Crippen LogP) is 5.01. The molecule has 0 fully saturated rings. The molecule has 3 aromatic rings. The number of hydrogen-bond acceptors (Lipinski definition) is 11. The second kappa shape index (κ2) is 13.4. The smallest absolute Gasteiger partial charge is 0.231 e. The van der Waals surface area contributed by atoms with Gasteiger partial charge in [-0.05, 0) is 30.0 Å². The molecule has 11 nitrogen and oxygen atoms in total. The number of ether oxygens (including phenoxy) is 3. The van der Waals surface area contributed by atoms with Gasteiger partial charge in [-0.3, -0.25) is 14.4 Å². The summed E-state index contributed by atoms with van der Waals surface area (Å²) in [5, 5.41) is 17.9. The highest BCUT2D eigenvalue weighted by Gasteiger charge is 2.61. The van der Waals surface area contributed by atoms with Crippen LogP contribution in [0.2, 0.25) is 5.02 Å². The van der Waals surface area contributed by atoms with Gasteiger partial charge in [-0.2, -0.15) is 0 Å². The molecular formula is C32H33ClN4O7S. The van der Waals surface area contributed by atoms with E-state index in [9.17, 15) is 19.5 Å². The van der Waals surface area contributed by atoms with E-state index in [-0.39, 0.29) is 64.5 Å². The summed E-state index contributed by atoms with van der Waals surface area (Å²) in [7, 11) is 2.81. The Morgan fingerprint density at radius 3 is 2.49 bits per heavy atom. The molecular weight excluding hydrogens is 620 g/mol. The number of aliphatic hydroxyl groups excluding tert-OH is 1. The molecule has 0 saturated heterocycles. The molecule has 1 aromatic heterocycles. The van der Waals surface area contributed by atoms with Crippen molar-refractivity contribution in [3.63, 3.8) is 0 Å². The van der Waals surface area contributed by atoms with Crippen molar-refractivity contribution in [2.45, 2.75) is 36.2 Å². The molecule has 0 saturated carbocycles. The first-order valence-corrected chi connectivity index (χ1v) is 15.8. The molecule has 13 heteroatoms. The highest BCUT2D eigenvalue weighted by molar-refractivity contribution is 7.98. The van der Waals surface area contributed by atoms with E-state index in [1.54, 1.807) is 37.1 Å². The predicted molar refractivity (Wildman–Crippen MR) is 170 cm³/mol. The van der Waals surface area contributed by atoms with Gasteiger partial charge in [0, 0.05) is 66.7 Å². The van der Waals surface area contributed by atoms with E-state index in [2.05, 4.69) is 20.6 Å². The Labute approximate surface area is 269 Å². The molecule has 5 rings (SSSR count). The first kappa shape index (κ1) is 32.1. The molecule has 236 valence electrons. The van der Waals surface area contributed by atoms with Crippen molar-refractivity contribution >= 4 is 46.8 Å². The number of amides is 1. The van der Waals surface area contributed by atoms with Crippen LogP contribution in [0.3, 0.4) is 0 Å². The zero-order valence-corrected chi connectivity index (χ0v) is 26.8. The number of aromatic nitrogens is 2. The second-order valence-electron chi connectivity index (χ2n) is 10.6. The van der Waals surface area contributed by atoms with E-state index in [1.807, 2.05) is 30.5 Å². The maximum absolute atomic E-state index is 14.2. The molecule has 2 aliphatic rings. The van der Waals surface area contributed by atoms with Crippen LogP contribution in [0.25, 0.3) is 0 Å². The van der Waals surface area contributed by atoms with Crippen molar-refractivity contribution < 1.29 is 33.7 Å². The van der Waals surface area contributed by atoms with Crippen LogP contribution in [-0.2, 0) is 9.59 Å². The standard InChI is InChI=1S/C32H33ClN4O7S/c1-17-14-21(38)25(29(40)32(17)30(41)26-22(42-2)16-23(43-3)27(33)28(26)44-32)20(18-6-8-19(45-4)9-7-18)15-24(39)34-12-13-37-31-35-10-5-11-36-31/h5-11,16-17,20,40H,12-15H2,1-4H3,(H,34,39)(H,35,36,37). The molecule has 2 aromatic carbocycles. The van der Waals surface area contributed by atoms with Crippen molar-refractivity contribution in [1.82, 2.24) is 15.3 Å². The number of nitrogens with zero attached hydrogens (tertiary/aromatic N) is 2. The summed E-state index contributed by atoms with van der Waals surface area (Å²) in [4.78, 5) is 50.4. The van der Waals surface area contributed by atoms with Crippen molar-refractivity contribution in [3.8, 4) is 17.2 Å². The zero-order valence-electron chi connectivity index (χ0n) is 25.2. The monoisotopic (exact) mass is 652 g/mol. The van der Waals surface area contributed by atoms with E-state index < -0.39 is 29.0 Å². The van der Waals surface area contributed by atoms with E-state index in [0.29, 0.717) is 18.1 Å². The van der Waals surface area contributed by atoms with Crippen LogP contribution in [0.15, 0.2) is 65.0 Å². The highest BCUT2D eigenvalue weighted by atomic mass is 35.5. The van der Waals surface area contributed by atoms with Crippen molar-refractivity contribution in [2.24, 2.45) is 5.92 Å². The van der Waals surface area contributed by atoms with E-state index in [4.69, 9.17) is 25.8 Å². The quantitative estimate of drug-likeness (QED) is 0.190. The number of fused-ring (bicyclic) bond motifs is 1. The number of Topliss-reactive ketones (excluding diaryl/α,β-unsaturated/α-hetero) is 2. The lowest BCUT2D eigenvalue weighted by Gasteiger charge is -2.38. The molecule has 45 heavy (non-hydrogen) atoms. The Bertz CT molecular complexity index is 1650. The van der Waals surface area contributed by atoms with Gasteiger partial charge in [-0.25, -0.2) is 9.97 Å². The third-order valence-corrected chi connectivity index (χ3v) is 9.17. The van der Waals surface area contributed by atoms with Gasteiger partial charge in [-0.1, -0.05) is 30.7 Å². The maximum atomic E-state index is 14.2. The third-order valence-electron chi connectivity index (χ3n) is 8.06. The molecule has 2 heterocycles. The average molecular weight is 653 g/mol. The summed E-state index contributed by atoms with van der Waals surface area (Å²) in [5.41, 5.74) is -1.34. The fourth-order valence-electron chi connectivity index (χ4n) is 5.79. The number of rotatable bonds is 11. The van der Waals surface area contributed by atoms with Gasteiger partial charge in [0.1, 0.15) is 22.1 Å². The van der Waals surface area contributed by atoms with Gasteiger partial charge in [-0.15, -0.1) is 11.8 Å². The number of anilines is 1. The highest BCUT2D eigenvalue weighted by Crippen LogP contribution is 2.55. The van der Waals surface area contributed by atoms with Gasteiger partial charge >= 0.3 is 0 Å². The van der Waals surface area contributed by atoms with E-state index in [0.717, 1.165) is 4.90 Å². The van der Waals surface area contributed by atoms with Crippen LogP contribution in [-0.4, -0.2) is 71.7 Å². The SMILES string of the molecule is COc1cc(OC)c2c(c1Cl)OC1(C2=O)C(O)=C(C(CC(=O)NCCNc2ncccn2)c2ccc(SC)cc2)C(=O)CC1C. The molecule has 3 N–H and O–H groups in total. The number of nitrogens with one attached hydrogen (secondary N) is 2. The molecule has 3 atom stereocenters. The minimum Gasteiger partial charge on any atom is -0.507 e. The number of ketones is 2. The third kappa shape index (κ3) is 5.91. The summed E-state index contributed by atoms with van der Waals surface area (Å²) in [6.07, 6.45) is 4.86. The van der Waals surface area contributed by atoms with Crippen molar-refractivity contribution in [2.75, 3.05) is 38.9 Å². The number of halogens is 1. The summed E-state index contributed by atoms with van der Waals surface area (Å²) in [6, 6.07) is 10.6. The normalized spacial score (nSPS) is 19.6. The Hall–Kier alpha value is -4.29. The molecule has 1 aliphatic heterocycles. The summed E-state index contributed by atoms with van der Waals surface area (Å²) in [5.74, 6) is -2.72. The maximum Gasteiger partial charge on any atom is 0.231 e. The lowest BCUT2D eigenvalue weighted by Crippen LogP contribution is -2.53. The second-order valence-corrected chi connectivity index (χ2v) is 11.9. The number of methoxy groups -OCH3 is 2. The first-order valence-electron chi connectivity index (χ1n) is 14.2. The van der Waals surface area contributed by atoms with Crippen LogP contribution in [0.4, 0.5) is 5.95 Å². The van der Waals surface area contributed by atoms with Crippen LogP contribution < -0.4 is 24.8 Å². The largest absolute Gasteiger partial charge is 0.507 e. The van der Waals surface area contributed by atoms with Crippen LogP contribution >= 0.6 is 23.4 Å². The zero-order chi connectivity index (χ0) is 32.3. The number of allylic oxidation sites excluding steroid dienone is 1. The average Bonchev–Trinajstić information content (AvgIpc) is 3.37. The fourth-order valence-corrected chi connectivity index (χ4v) is 6.46. The molecule has 1 amide bonds. The summed E-state index contributed by atoms with van der Waals surface area (Å²) in [6.45, 7) is 2.28. The number of hydrogen-bond donors (Lipinski definition) is 3. The van der Waals surface area contributed by atoms with Gasteiger partial charge in [0.2, 0.25) is 23.2 Å². The fraction of sp³-hybridized carbons (Fsp3) is 0.344. The Kier molecular flexibility index (Phi) is 9.54. The van der Waals surface area contributed by atoms with Crippen LogP contribution in [0.5, 0.6) is 17.2 Å². The molecule has 3 unspecified atom stereocenters. The molecule has 0 radical (unpaired) electrons. The molecule has 1 aliphatic carbocycles. The summed E-state index contributed by atoms with van der Waals surface area (Å²) >= 11 is 8.12. The van der Waals surface area contributed by atoms with Crippen molar-refractivity contribution in [3.05, 3.63) is 76.3 Å². The number of carbonyl (C=O) groups excluding carboxylic acids is 3. The number of thioether (sulfide) groups is 1. The minimum absolute atomic E-state index is 0.00141. The Morgan fingerprint density at radius 2 is 1.84 bits per heavy atom. The van der Waals surface area contributed by atoms with Crippen LogP contribution in [0, 0.1) is 5.92 Å². The van der Waals surface area contributed by atoms with Gasteiger partial charge in [0.05, 0.1) is 14.2 Å². The minimum atomic E-state index is -1.96. The molecule has 0 bridgehead atoms. The first-order chi connectivity index (χ1) is 21.7. The Balaban J connectivity index is 1.52. The van der Waals surface area contributed by atoms with Crippen molar-refractivity contribution in [1.29, 1.82) is 0 Å². The van der Waals surface area contributed by atoms with Gasteiger partial charge in [0.25, 0.3) is 0 Å². The molecule has 1 spiro atoms. The number of carbonyl (C=O) groups is 3. The topological polar surface area (TPSA) is 149 Å². The Morgan fingerprint density at radius 1 is 1.16 bits per heavy atom. The van der Waals surface area contributed by atoms with Crippen LogP contribution in [0.1, 0.15) is 41.6 Å². The van der Waals surface area contributed by atoms with E-state index in [1.165, 1.54) is 20.3 Å². The lowest BCUT2D eigenvalue weighted by molar-refractivity contribution is -0.121. The summed E-state index contributed by atoms with van der Waals surface area (Å²) < 4.78 is 17.1. The van der Waals surface area contributed by atoms with E-state index >= 15 is 0 Å². The van der Waals surface area contributed by atoms with Gasteiger partial charge in [0.15, 0.2) is 17.3 Å². The number of benzene rings is 2. The number of aliphatic hydroxyl groups is 1. The van der Waals surface area contributed by atoms with Gasteiger partial charge < -0.3 is 30.0 Å². The lowest BCUT2D eigenvalue weighted by atomic mass is 9.69.